The first-order valence-electron chi connectivity index (χ1n) is 4.36. The summed E-state index contributed by atoms with van der Waals surface area (Å²) in [6, 6.07) is -0.520. The Kier molecular flexibility index (Phi) is 3.65. The number of carbonyl (C=O) groups is 1. The summed E-state index contributed by atoms with van der Waals surface area (Å²) in [7, 11) is 1.50. The fraction of sp³-hybridized carbons (Fsp3) is 0.875. The molecule has 5 nitrogen and oxygen atoms in total. The van der Waals surface area contributed by atoms with E-state index in [4.69, 9.17) is 15.6 Å². The third-order valence-electron chi connectivity index (χ3n) is 2.14. The molecule has 0 aromatic rings. The van der Waals surface area contributed by atoms with Gasteiger partial charge >= 0.3 is 0 Å². The second kappa shape index (κ2) is 4.55. The number of ether oxygens (including phenoxy) is 1. The Balaban J connectivity index is 2.17. The Hall–Kier alpha value is -0.650. The second-order valence-electron chi connectivity index (χ2n) is 3.39. The zero-order chi connectivity index (χ0) is 9.84. The van der Waals surface area contributed by atoms with Crippen molar-refractivity contribution in [3.63, 3.8) is 0 Å². The van der Waals surface area contributed by atoms with Crippen LogP contribution in [0.3, 0.4) is 0 Å². The number of rotatable bonds is 4. The van der Waals surface area contributed by atoms with Crippen molar-refractivity contribution in [3.8, 4) is 0 Å². The van der Waals surface area contributed by atoms with E-state index in [1.54, 1.807) is 0 Å². The number of amides is 1. The molecule has 1 unspecified atom stereocenters. The summed E-state index contributed by atoms with van der Waals surface area (Å²) in [6.45, 7) is 0.223. The molecule has 0 aliphatic heterocycles. The topological polar surface area (TPSA) is 84.6 Å². The lowest BCUT2D eigenvalue weighted by Gasteiger charge is -2.32. The van der Waals surface area contributed by atoms with Crippen molar-refractivity contribution in [2.24, 2.45) is 5.73 Å². The lowest BCUT2D eigenvalue weighted by Crippen LogP contribution is -2.52. The Bertz CT molecular complexity index is 180. The van der Waals surface area contributed by atoms with Crippen molar-refractivity contribution >= 4 is 5.91 Å². The predicted molar refractivity (Wildman–Crippen MR) is 47.0 cm³/mol. The van der Waals surface area contributed by atoms with Gasteiger partial charge in [-0.05, 0) is 12.8 Å². The van der Waals surface area contributed by atoms with Crippen LogP contribution in [0.15, 0.2) is 0 Å². The number of methoxy groups -OCH3 is 1. The van der Waals surface area contributed by atoms with Crippen molar-refractivity contribution in [3.05, 3.63) is 0 Å². The van der Waals surface area contributed by atoms with E-state index in [0.717, 1.165) is 0 Å². The van der Waals surface area contributed by atoms with E-state index in [-0.39, 0.29) is 24.7 Å². The summed E-state index contributed by atoms with van der Waals surface area (Å²) in [4.78, 5) is 11.2. The molecule has 0 heterocycles. The molecular weight excluding hydrogens is 172 g/mol. The first-order valence-corrected chi connectivity index (χ1v) is 4.36. The van der Waals surface area contributed by atoms with Crippen LogP contribution < -0.4 is 11.1 Å². The molecule has 1 aliphatic carbocycles. The van der Waals surface area contributed by atoms with Crippen LogP contribution in [-0.4, -0.2) is 42.9 Å². The third-order valence-corrected chi connectivity index (χ3v) is 2.14. The van der Waals surface area contributed by atoms with Gasteiger partial charge < -0.3 is 20.9 Å². The molecule has 1 atom stereocenters. The first kappa shape index (κ1) is 10.4. The summed E-state index contributed by atoms with van der Waals surface area (Å²) in [5.74, 6) is -0.209. The number of hydrogen-bond acceptors (Lipinski definition) is 4. The van der Waals surface area contributed by atoms with E-state index in [1.807, 2.05) is 0 Å². The van der Waals surface area contributed by atoms with Crippen LogP contribution in [0, 0.1) is 0 Å². The van der Waals surface area contributed by atoms with Gasteiger partial charge in [-0.1, -0.05) is 0 Å². The number of hydrogen-bond donors (Lipinski definition) is 3. The Morgan fingerprint density at radius 2 is 2.38 bits per heavy atom. The molecule has 1 amide bonds. The minimum absolute atomic E-state index is 0.0883. The summed E-state index contributed by atoms with van der Waals surface area (Å²) in [6.07, 6.45) is 1.00. The Morgan fingerprint density at radius 1 is 1.77 bits per heavy atom. The minimum Gasteiger partial charge on any atom is -0.393 e. The second-order valence-corrected chi connectivity index (χ2v) is 3.39. The van der Waals surface area contributed by atoms with Crippen LogP contribution in [0.5, 0.6) is 0 Å². The molecule has 5 heteroatoms. The molecule has 76 valence electrons. The molecule has 4 N–H and O–H groups in total. The van der Waals surface area contributed by atoms with Gasteiger partial charge in [0.25, 0.3) is 0 Å². The maximum absolute atomic E-state index is 11.2. The highest BCUT2D eigenvalue weighted by Gasteiger charge is 2.29. The highest BCUT2D eigenvalue weighted by Crippen LogP contribution is 2.19. The molecular formula is C8H16N2O3. The van der Waals surface area contributed by atoms with Crippen LogP contribution in [0.2, 0.25) is 0 Å². The highest BCUT2D eigenvalue weighted by atomic mass is 16.5. The summed E-state index contributed by atoms with van der Waals surface area (Å²) in [5, 5.41) is 11.7. The Morgan fingerprint density at radius 3 is 2.85 bits per heavy atom. The van der Waals surface area contributed by atoms with Gasteiger partial charge in [-0.2, -0.15) is 0 Å². The van der Waals surface area contributed by atoms with E-state index in [1.165, 1.54) is 7.11 Å². The molecule has 0 radical (unpaired) electrons. The highest BCUT2D eigenvalue weighted by molar-refractivity contribution is 5.82. The van der Waals surface area contributed by atoms with Gasteiger partial charge in [0.15, 0.2) is 0 Å². The average molecular weight is 188 g/mol. The molecule has 0 aromatic heterocycles. The largest absolute Gasteiger partial charge is 0.393 e. The van der Waals surface area contributed by atoms with Crippen LogP contribution in [0.1, 0.15) is 12.8 Å². The van der Waals surface area contributed by atoms with E-state index >= 15 is 0 Å². The molecule has 1 rings (SSSR count). The SMILES string of the molecule is COCC(N)C(=O)NC1CC(O)C1. The van der Waals surface area contributed by atoms with E-state index in [2.05, 4.69) is 5.32 Å². The third kappa shape index (κ3) is 2.95. The number of carbonyl (C=O) groups excluding carboxylic acids is 1. The van der Waals surface area contributed by atoms with Crippen LogP contribution in [0.4, 0.5) is 0 Å². The molecule has 1 fully saturated rings. The molecule has 1 saturated carbocycles. The predicted octanol–water partition coefficient (Wildman–Crippen LogP) is -1.40. The maximum atomic E-state index is 11.2. The fourth-order valence-corrected chi connectivity index (χ4v) is 1.27. The van der Waals surface area contributed by atoms with Gasteiger partial charge in [-0.3, -0.25) is 4.79 Å². The molecule has 0 aromatic carbocycles. The number of aliphatic hydroxyl groups excluding tert-OH is 1. The zero-order valence-electron chi connectivity index (χ0n) is 7.69. The van der Waals surface area contributed by atoms with Crippen molar-refractivity contribution in [1.29, 1.82) is 0 Å². The van der Waals surface area contributed by atoms with E-state index in [9.17, 15) is 4.79 Å². The van der Waals surface area contributed by atoms with Gasteiger partial charge in [-0.25, -0.2) is 0 Å². The molecule has 13 heavy (non-hydrogen) atoms. The maximum Gasteiger partial charge on any atom is 0.239 e. The standard InChI is InChI=1S/C8H16N2O3/c1-13-4-7(9)8(12)10-5-2-6(11)3-5/h5-7,11H,2-4,9H2,1H3,(H,10,12). The van der Waals surface area contributed by atoms with Gasteiger partial charge in [0, 0.05) is 13.2 Å². The lowest BCUT2D eigenvalue weighted by molar-refractivity contribution is -0.125. The van der Waals surface area contributed by atoms with Crippen molar-refractivity contribution in [1.82, 2.24) is 5.32 Å². The van der Waals surface area contributed by atoms with E-state index in [0.29, 0.717) is 12.8 Å². The molecule has 0 spiro atoms. The number of aliphatic hydroxyl groups is 1. The molecule has 0 bridgehead atoms. The van der Waals surface area contributed by atoms with Gasteiger partial charge in [-0.15, -0.1) is 0 Å². The normalized spacial score (nSPS) is 29.2. The van der Waals surface area contributed by atoms with Crippen LogP contribution in [-0.2, 0) is 9.53 Å². The van der Waals surface area contributed by atoms with Crippen molar-refractivity contribution < 1.29 is 14.6 Å². The van der Waals surface area contributed by atoms with Crippen molar-refractivity contribution in [2.45, 2.75) is 31.0 Å². The fourth-order valence-electron chi connectivity index (χ4n) is 1.27. The first-order chi connectivity index (χ1) is 6.13. The molecule has 1 aliphatic rings. The number of nitrogens with two attached hydrogens (primary N) is 1. The van der Waals surface area contributed by atoms with Gasteiger partial charge in [0.1, 0.15) is 6.04 Å². The van der Waals surface area contributed by atoms with Crippen LogP contribution in [0.25, 0.3) is 0 Å². The Labute approximate surface area is 77.2 Å². The van der Waals surface area contributed by atoms with E-state index < -0.39 is 6.04 Å². The smallest absolute Gasteiger partial charge is 0.239 e. The minimum atomic E-state index is -0.609. The van der Waals surface area contributed by atoms with Crippen molar-refractivity contribution in [2.75, 3.05) is 13.7 Å². The quantitative estimate of drug-likeness (QED) is 0.506. The average Bonchev–Trinajstić information content (AvgIpc) is 2.02. The zero-order valence-corrected chi connectivity index (χ0v) is 7.69. The number of nitrogens with one attached hydrogen (secondary N) is 1. The monoisotopic (exact) mass is 188 g/mol. The van der Waals surface area contributed by atoms with Gasteiger partial charge in [0.2, 0.25) is 5.91 Å². The summed E-state index contributed by atoms with van der Waals surface area (Å²) >= 11 is 0. The van der Waals surface area contributed by atoms with Gasteiger partial charge in [0.05, 0.1) is 12.7 Å². The van der Waals surface area contributed by atoms with Crippen LogP contribution >= 0.6 is 0 Å². The summed E-state index contributed by atoms with van der Waals surface area (Å²) in [5.41, 5.74) is 5.49. The molecule has 0 saturated heterocycles. The lowest BCUT2D eigenvalue weighted by atomic mass is 9.89. The summed E-state index contributed by atoms with van der Waals surface area (Å²) < 4.78 is 4.74.